The number of H-pyrrole nitrogens is 1. The number of benzene rings is 1. The summed E-state index contributed by atoms with van der Waals surface area (Å²) in [6.07, 6.45) is 5.74. The van der Waals surface area contributed by atoms with Crippen LogP contribution in [0.25, 0.3) is 11.0 Å². The van der Waals surface area contributed by atoms with Crippen molar-refractivity contribution in [2.24, 2.45) is 5.92 Å². The van der Waals surface area contributed by atoms with Gasteiger partial charge in [-0.3, -0.25) is 9.59 Å². The number of nitrogens with one attached hydrogen (secondary N) is 2. The van der Waals surface area contributed by atoms with Crippen LogP contribution in [0.1, 0.15) is 22.6 Å². The van der Waals surface area contributed by atoms with Gasteiger partial charge in [0.15, 0.2) is 0 Å². The van der Waals surface area contributed by atoms with Crippen LogP contribution in [0.3, 0.4) is 0 Å². The van der Waals surface area contributed by atoms with E-state index in [1.54, 1.807) is 30.1 Å². The molecule has 0 saturated heterocycles. The van der Waals surface area contributed by atoms with Crippen LogP contribution in [0.15, 0.2) is 30.6 Å². The molecule has 1 aliphatic heterocycles. The van der Waals surface area contributed by atoms with Gasteiger partial charge in [-0.2, -0.15) is 15.4 Å². The zero-order valence-corrected chi connectivity index (χ0v) is 15.1. The molecule has 140 valence electrons. The molecule has 2 N–H and O–H groups in total. The number of fused-ring (bicyclic) bond motifs is 2. The first kappa shape index (κ1) is 17.2. The molecular weight excluding hydrogens is 346 g/mol. The molecule has 0 saturated carbocycles. The monoisotopic (exact) mass is 367 g/mol. The topological polar surface area (TPSA) is 109 Å². The number of aromatic nitrogens is 5. The van der Waals surface area contributed by atoms with E-state index >= 15 is 0 Å². The fourth-order valence-corrected chi connectivity index (χ4v) is 3.45. The fourth-order valence-electron chi connectivity index (χ4n) is 3.45. The Hall–Kier alpha value is -3.23. The first-order valence-electron chi connectivity index (χ1n) is 8.93. The number of hydrogen-bond acceptors (Lipinski definition) is 5. The van der Waals surface area contributed by atoms with Crippen LogP contribution in [-0.2, 0) is 17.8 Å². The van der Waals surface area contributed by atoms with Crippen molar-refractivity contribution in [1.82, 2.24) is 35.2 Å². The molecule has 0 bridgehead atoms. The van der Waals surface area contributed by atoms with E-state index in [1.165, 1.54) is 0 Å². The Kier molecular flexibility index (Phi) is 4.57. The van der Waals surface area contributed by atoms with Crippen molar-refractivity contribution in [2.45, 2.75) is 19.4 Å². The zero-order valence-electron chi connectivity index (χ0n) is 15.1. The number of aromatic amines is 1. The summed E-state index contributed by atoms with van der Waals surface area (Å²) < 4.78 is 2.15. The van der Waals surface area contributed by atoms with Crippen LogP contribution in [0, 0.1) is 5.92 Å². The maximum absolute atomic E-state index is 12.4. The third-order valence-corrected chi connectivity index (χ3v) is 4.97. The number of hydrogen-bond donors (Lipinski definition) is 2. The second kappa shape index (κ2) is 7.18. The van der Waals surface area contributed by atoms with E-state index in [4.69, 9.17) is 0 Å². The molecule has 9 nitrogen and oxygen atoms in total. The maximum Gasteiger partial charge on any atom is 0.251 e. The number of imidazole rings is 1. The molecule has 2 aromatic heterocycles. The predicted octanol–water partition coefficient (Wildman–Crippen LogP) is 0.605. The molecule has 1 aliphatic rings. The van der Waals surface area contributed by atoms with Gasteiger partial charge < -0.3 is 14.8 Å². The van der Waals surface area contributed by atoms with Gasteiger partial charge in [-0.15, -0.1) is 0 Å². The number of likely N-dealkylation sites (N-methyl/N-ethyl adjacent to an activating group) is 1. The third kappa shape index (κ3) is 3.67. The van der Waals surface area contributed by atoms with E-state index in [0.717, 1.165) is 25.2 Å². The van der Waals surface area contributed by atoms with E-state index in [1.807, 2.05) is 12.4 Å². The van der Waals surface area contributed by atoms with Gasteiger partial charge >= 0.3 is 0 Å². The molecule has 2 amide bonds. The Bertz CT molecular complexity index is 977. The normalized spacial score (nSPS) is 16.1. The lowest BCUT2D eigenvalue weighted by molar-refractivity contribution is -0.129. The van der Waals surface area contributed by atoms with E-state index in [-0.39, 0.29) is 18.4 Å². The van der Waals surface area contributed by atoms with Crippen LogP contribution < -0.4 is 5.32 Å². The lowest BCUT2D eigenvalue weighted by Gasteiger charge is -2.28. The predicted molar refractivity (Wildman–Crippen MR) is 97.9 cm³/mol. The highest BCUT2D eigenvalue weighted by atomic mass is 16.2. The smallest absolute Gasteiger partial charge is 0.251 e. The van der Waals surface area contributed by atoms with Crippen molar-refractivity contribution < 1.29 is 9.59 Å². The summed E-state index contributed by atoms with van der Waals surface area (Å²) in [6, 6.07) is 5.03. The Morgan fingerprint density at radius 3 is 3.07 bits per heavy atom. The minimum atomic E-state index is -0.303. The zero-order chi connectivity index (χ0) is 18.8. The number of nitrogens with zero attached hydrogens (tertiary/aromatic N) is 5. The highest BCUT2D eigenvalue weighted by molar-refractivity contribution is 5.98. The Labute approximate surface area is 155 Å². The van der Waals surface area contributed by atoms with Crippen LogP contribution in [0.4, 0.5) is 0 Å². The van der Waals surface area contributed by atoms with Gasteiger partial charge in [0.2, 0.25) is 5.91 Å². The number of carbonyl (C=O) groups excluding carboxylic acids is 2. The molecule has 1 aromatic carbocycles. The Morgan fingerprint density at radius 1 is 1.33 bits per heavy atom. The summed E-state index contributed by atoms with van der Waals surface area (Å²) in [7, 11) is 1.78. The second-order valence-corrected chi connectivity index (χ2v) is 6.88. The van der Waals surface area contributed by atoms with Gasteiger partial charge in [0.1, 0.15) is 16.9 Å². The minimum absolute atomic E-state index is 0.0325. The SMILES string of the molecule is CN(CC1CCc2nccn2C1)C(=O)CNC(=O)c1ccc2n[nH]nc2c1. The van der Waals surface area contributed by atoms with Gasteiger partial charge in [-0.05, 0) is 30.5 Å². The Balaban J connectivity index is 1.29. The van der Waals surface area contributed by atoms with E-state index in [9.17, 15) is 9.59 Å². The van der Waals surface area contributed by atoms with Gasteiger partial charge in [-0.1, -0.05) is 0 Å². The van der Waals surface area contributed by atoms with E-state index in [2.05, 4.69) is 30.3 Å². The van der Waals surface area contributed by atoms with Gasteiger partial charge in [-0.25, -0.2) is 4.98 Å². The van der Waals surface area contributed by atoms with Crippen molar-refractivity contribution in [3.63, 3.8) is 0 Å². The molecule has 4 rings (SSSR count). The lowest BCUT2D eigenvalue weighted by atomic mass is 9.99. The summed E-state index contributed by atoms with van der Waals surface area (Å²) in [5.74, 6) is 1.09. The molecule has 3 heterocycles. The summed E-state index contributed by atoms with van der Waals surface area (Å²) >= 11 is 0. The standard InChI is InChI=1S/C18H21N7O2/c1-24(10-12-2-5-16-19-6-7-25(16)11-12)17(26)9-20-18(27)13-3-4-14-15(8-13)22-23-21-14/h3-4,6-8,12H,2,5,9-11H2,1H3,(H,20,27)(H,21,22,23). The average molecular weight is 367 g/mol. The molecule has 1 atom stereocenters. The van der Waals surface area contributed by atoms with Gasteiger partial charge in [0.05, 0.1) is 6.54 Å². The Morgan fingerprint density at radius 2 is 2.19 bits per heavy atom. The summed E-state index contributed by atoms with van der Waals surface area (Å²) in [4.78, 5) is 30.7. The number of amides is 2. The third-order valence-electron chi connectivity index (χ3n) is 4.97. The second-order valence-electron chi connectivity index (χ2n) is 6.88. The quantitative estimate of drug-likeness (QED) is 0.687. The van der Waals surface area contributed by atoms with Crippen LogP contribution in [0.2, 0.25) is 0 Å². The average Bonchev–Trinajstić information content (AvgIpc) is 3.33. The lowest BCUT2D eigenvalue weighted by Crippen LogP contribution is -2.41. The van der Waals surface area contributed by atoms with E-state index < -0.39 is 0 Å². The molecule has 0 spiro atoms. The molecule has 0 radical (unpaired) electrons. The van der Waals surface area contributed by atoms with Crippen molar-refractivity contribution in [3.05, 3.63) is 42.0 Å². The largest absolute Gasteiger partial charge is 0.344 e. The summed E-state index contributed by atoms with van der Waals surface area (Å²) in [6.45, 7) is 1.50. The van der Waals surface area contributed by atoms with Gasteiger partial charge in [0, 0.05) is 44.5 Å². The van der Waals surface area contributed by atoms with Crippen LogP contribution >= 0.6 is 0 Å². The number of rotatable bonds is 5. The first-order chi connectivity index (χ1) is 13.1. The van der Waals surface area contributed by atoms with Crippen molar-refractivity contribution >= 4 is 22.8 Å². The number of aryl methyl sites for hydroxylation is 1. The molecule has 3 aromatic rings. The molecule has 0 aliphatic carbocycles. The molecule has 0 fully saturated rings. The first-order valence-corrected chi connectivity index (χ1v) is 8.93. The van der Waals surface area contributed by atoms with Gasteiger partial charge in [0.25, 0.3) is 5.91 Å². The molecular formula is C18H21N7O2. The highest BCUT2D eigenvalue weighted by Gasteiger charge is 2.22. The molecule has 1 unspecified atom stereocenters. The minimum Gasteiger partial charge on any atom is -0.344 e. The number of carbonyl (C=O) groups is 2. The van der Waals surface area contributed by atoms with E-state index in [0.29, 0.717) is 29.1 Å². The van der Waals surface area contributed by atoms with Crippen molar-refractivity contribution in [1.29, 1.82) is 0 Å². The summed E-state index contributed by atoms with van der Waals surface area (Å²) in [5, 5.41) is 13.1. The highest BCUT2D eigenvalue weighted by Crippen LogP contribution is 2.19. The fraction of sp³-hybridized carbons (Fsp3) is 0.389. The van der Waals surface area contributed by atoms with Crippen LogP contribution in [-0.4, -0.2) is 61.8 Å². The van der Waals surface area contributed by atoms with Crippen LogP contribution in [0.5, 0.6) is 0 Å². The summed E-state index contributed by atoms with van der Waals surface area (Å²) in [5.41, 5.74) is 1.75. The van der Waals surface area contributed by atoms with Crippen molar-refractivity contribution in [2.75, 3.05) is 20.1 Å². The van der Waals surface area contributed by atoms with Crippen molar-refractivity contribution in [3.8, 4) is 0 Å². The molecule has 27 heavy (non-hydrogen) atoms. The maximum atomic E-state index is 12.4. The molecule has 9 heteroatoms.